The van der Waals surface area contributed by atoms with Crippen molar-refractivity contribution in [1.29, 1.82) is 0 Å². The predicted molar refractivity (Wildman–Crippen MR) is 61.9 cm³/mol. The lowest BCUT2D eigenvalue weighted by atomic mass is 10.2. The van der Waals surface area contributed by atoms with Crippen molar-refractivity contribution in [2.75, 3.05) is 5.32 Å². The normalized spacial score (nSPS) is 9.60. The molecule has 1 aromatic rings. The maximum absolute atomic E-state index is 10.7. The van der Waals surface area contributed by atoms with Gasteiger partial charge in [0.25, 0.3) is 0 Å². The summed E-state index contributed by atoms with van der Waals surface area (Å²) in [5.41, 5.74) is 0.966. The first-order valence-corrected chi connectivity index (χ1v) is 4.47. The van der Waals surface area contributed by atoms with Gasteiger partial charge in [0.15, 0.2) is 0 Å². The van der Waals surface area contributed by atoms with Crippen LogP contribution in [0.15, 0.2) is 12.1 Å². The van der Waals surface area contributed by atoms with Crippen LogP contribution in [0.2, 0.25) is 0 Å². The quantitative estimate of drug-likeness (QED) is 0.837. The van der Waals surface area contributed by atoms with Crippen molar-refractivity contribution in [3.63, 3.8) is 0 Å². The van der Waals surface area contributed by atoms with Crippen molar-refractivity contribution in [3.05, 3.63) is 23.4 Å². The molecule has 1 heterocycles. The third-order valence-corrected chi connectivity index (χ3v) is 1.64. The number of carboxylic acids is 1. The van der Waals surface area contributed by atoms with Crippen LogP contribution in [-0.2, 0) is 0 Å². The number of aromatic nitrogens is 1. The van der Waals surface area contributed by atoms with E-state index in [4.69, 9.17) is 5.11 Å². The van der Waals surface area contributed by atoms with Gasteiger partial charge in [-0.15, -0.1) is 12.4 Å². The van der Waals surface area contributed by atoms with Crippen LogP contribution in [0.4, 0.5) is 5.82 Å². The molecule has 1 rings (SSSR count). The van der Waals surface area contributed by atoms with Crippen LogP contribution in [-0.4, -0.2) is 22.1 Å². The third-order valence-electron chi connectivity index (χ3n) is 1.64. The second-order valence-electron chi connectivity index (χ2n) is 3.49. The molecule has 0 aromatic carbocycles. The standard InChI is InChI=1S/C10H14N2O2.ClH/c1-6(2)11-9-5-8(10(13)14)4-7(3)12-9;/h4-6H,1-3H3,(H,11,12)(H,13,14);1H. The molecule has 0 aliphatic heterocycles. The van der Waals surface area contributed by atoms with E-state index in [1.807, 2.05) is 13.8 Å². The van der Waals surface area contributed by atoms with E-state index < -0.39 is 5.97 Å². The number of rotatable bonds is 3. The highest BCUT2D eigenvalue weighted by Crippen LogP contribution is 2.10. The van der Waals surface area contributed by atoms with E-state index >= 15 is 0 Å². The molecule has 0 aliphatic carbocycles. The molecule has 0 bridgehead atoms. The van der Waals surface area contributed by atoms with Gasteiger partial charge in [0.05, 0.1) is 5.56 Å². The molecule has 84 valence electrons. The first kappa shape index (κ1) is 13.7. The largest absolute Gasteiger partial charge is 0.478 e. The minimum absolute atomic E-state index is 0. The molecular formula is C10H15ClN2O2. The van der Waals surface area contributed by atoms with Gasteiger partial charge in [-0.1, -0.05) is 0 Å². The fourth-order valence-corrected chi connectivity index (χ4v) is 1.16. The van der Waals surface area contributed by atoms with E-state index in [1.54, 1.807) is 13.0 Å². The highest BCUT2D eigenvalue weighted by atomic mass is 35.5. The Balaban J connectivity index is 0.00000196. The second-order valence-corrected chi connectivity index (χ2v) is 3.49. The van der Waals surface area contributed by atoms with Crippen LogP contribution in [0, 0.1) is 6.92 Å². The Morgan fingerprint density at radius 2 is 2.07 bits per heavy atom. The third kappa shape index (κ3) is 4.16. The molecule has 0 saturated carbocycles. The minimum atomic E-state index is -0.928. The predicted octanol–water partition coefficient (Wildman–Crippen LogP) is 2.33. The number of hydrogen-bond acceptors (Lipinski definition) is 3. The SMILES string of the molecule is Cc1cc(C(=O)O)cc(NC(C)C)n1.Cl. The van der Waals surface area contributed by atoms with E-state index in [-0.39, 0.29) is 24.0 Å². The number of halogens is 1. The summed E-state index contributed by atoms with van der Waals surface area (Å²) in [4.78, 5) is 14.9. The van der Waals surface area contributed by atoms with Crippen molar-refractivity contribution < 1.29 is 9.90 Å². The first-order chi connectivity index (χ1) is 6.49. The van der Waals surface area contributed by atoms with Crippen molar-refractivity contribution in [2.45, 2.75) is 26.8 Å². The van der Waals surface area contributed by atoms with Crippen molar-refractivity contribution in [3.8, 4) is 0 Å². The highest BCUT2D eigenvalue weighted by molar-refractivity contribution is 5.88. The summed E-state index contributed by atoms with van der Waals surface area (Å²) in [6.07, 6.45) is 0. The van der Waals surface area contributed by atoms with Crippen molar-refractivity contribution >= 4 is 24.2 Å². The molecule has 0 atom stereocenters. The molecule has 0 unspecified atom stereocenters. The van der Waals surface area contributed by atoms with Crippen molar-refractivity contribution in [2.24, 2.45) is 0 Å². The van der Waals surface area contributed by atoms with E-state index in [9.17, 15) is 4.79 Å². The second kappa shape index (κ2) is 5.56. The Kier molecular flexibility index (Phi) is 5.08. The number of carbonyl (C=O) groups is 1. The van der Waals surface area contributed by atoms with Crippen LogP contribution in [0.5, 0.6) is 0 Å². The van der Waals surface area contributed by atoms with E-state index in [0.717, 1.165) is 0 Å². The van der Waals surface area contributed by atoms with Gasteiger partial charge in [-0.05, 0) is 32.9 Å². The molecule has 1 aromatic heterocycles. The lowest BCUT2D eigenvalue weighted by Gasteiger charge is -2.10. The fourth-order valence-electron chi connectivity index (χ4n) is 1.16. The number of aryl methyl sites for hydroxylation is 1. The Hall–Kier alpha value is -1.29. The maximum atomic E-state index is 10.7. The molecule has 0 aliphatic rings. The summed E-state index contributed by atoms with van der Waals surface area (Å²) in [6.45, 7) is 5.73. The average molecular weight is 231 g/mol. The van der Waals surface area contributed by atoms with Crippen LogP contribution in [0.25, 0.3) is 0 Å². The molecule has 5 heteroatoms. The van der Waals surface area contributed by atoms with Gasteiger partial charge in [-0.2, -0.15) is 0 Å². The number of anilines is 1. The zero-order valence-electron chi connectivity index (χ0n) is 8.94. The molecule has 2 N–H and O–H groups in total. The number of hydrogen-bond donors (Lipinski definition) is 2. The zero-order chi connectivity index (χ0) is 10.7. The molecule has 0 fully saturated rings. The van der Waals surface area contributed by atoms with Gasteiger partial charge in [0.2, 0.25) is 0 Å². The zero-order valence-corrected chi connectivity index (χ0v) is 9.76. The summed E-state index contributed by atoms with van der Waals surface area (Å²) >= 11 is 0. The van der Waals surface area contributed by atoms with E-state index in [2.05, 4.69) is 10.3 Å². The topological polar surface area (TPSA) is 62.2 Å². The summed E-state index contributed by atoms with van der Waals surface area (Å²) in [5.74, 6) is -0.320. The summed E-state index contributed by atoms with van der Waals surface area (Å²) in [7, 11) is 0. The van der Waals surface area contributed by atoms with Gasteiger partial charge >= 0.3 is 5.97 Å². The molecule has 0 spiro atoms. The summed E-state index contributed by atoms with van der Waals surface area (Å²) < 4.78 is 0. The lowest BCUT2D eigenvalue weighted by molar-refractivity contribution is 0.0696. The average Bonchev–Trinajstić information content (AvgIpc) is 2.01. The minimum Gasteiger partial charge on any atom is -0.478 e. The Morgan fingerprint density at radius 3 is 2.53 bits per heavy atom. The number of pyridine rings is 1. The van der Waals surface area contributed by atoms with Gasteiger partial charge in [0.1, 0.15) is 5.82 Å². The van der Waals surface area contributed by atoms with Gasteiger partial charge in [0, 0.05) is 11.7 Å². The molecule has 0 radical (unpaired) electrons. The van der Waals surface area contributed by atoms with Gasteiger partial charge in [-0.3, -0.25) is 0 Å². The Bertz CT molecular complexity index is 353. The Labute approximate surface area is 95.1 Å². The van der Waals surface area contributed by atoms with Crippen LogP contribution < -0.4 is 5.32 Å². The van der Waals surface area contributed by atoms with Crippen LogP contribution in [0.1, 0.15) is 29.9 Å². The Morgan fingerprint density at radius 1 is 1.47 bits per heavy atom. The maximum Gasteiger partial charge on any atom is 0.335 e. The van der Waals surface area contributed by atoms with E-state index in [1.165, 1.54) is 6.07 Å². The van der Waals surface area contributed by atoms with Gasteiger partial charge in [-0.25, -0.2) is 9.78 Å². The monoisotopic (exact) mass is 230 g/mol. The fraction of sp³-hybridized carbons (Fsp3) is 0.400. The van der Waals surface area contributed by atoms with Crippen LogP contribution >= 0.6 is 12.4 Å². The molecule has 15 heavy (non-hydrogen) atoms. The number of carboxylic acid groups (broad SMARTS) is 1. The number of nitrogens with zero attached hydrogens (tertiary/aromatic N) is 1. The van der Waals surface area contributed by atoms with Crippen LogP contribution in [0.3, 0.4) is 0 Å². The van der Waals surface area contributed by atoms with E-state index in [0.29, 0.717) is 11.5 Å². The number of nitrogens with one attached hydrogen (secondary N) is 1. The molecule has 4 nitrogen and oxygen atoms in total. The lowest BCUT2D eigenvalue weighted by Crippen LogP contribution is -2.12. The first-order valence-electron chi connectivity index (χ1n) is 4.47. The number of aromatic carboxylic acids is 1. The smallest absolute Gasteiger partial charge is 0.335 e. The highest BCUT2D eigenvalue weighted by Gasteiger charge is 2.06. The molecular weight excluding hydrogens is 216 g/mol. The molecule has 0 saturated heterocycles. The molecule has 0 amide bonds. The summed E-state index contributed by atoms with van der Waals surface area (Å²) in [5, 5.41) is 11.9. The summed E-state index contributed by atoms with van der Waals surface area (Å²) in [6, 6.07) is 3.33. The van der Waals surface area contributed by atoms with Crippen molar-refractivity contribution in [1.82, 2.24) is 4.98 Å². The van der Waals surface area contributed by atoms with Gasteiger partial charge < -0.3 is 10.4 Å².